The summed E-state index contributed by atoms with van der Waals surface area (Å²) >= 11 is 5.18. The molecule has 3 aromatic carbocycles. The summed E-state index contributed by atoms with van der Waals surface area (Å²) in [4.78, 5) is 22.6. The minimum atomic E-state index is -0.505. The predicted octanol–water partition coefficient (Wildman–Crippen LogP) is 6.05. The number of hydrogen-bond acceptors (Lipinski definition) is 4. The summed E-state index contributed by atoms with van der Waals surface area (Å²) in [5.74, 6) is -0.178. The van der Waals surface area contributed by atoms with Crippen molar-refractivity contribution in [3.8, 4) is 12.1 Å². The van der Waals surface area contributed by atoms with Crippen LogP contribution in [0.15, 0.2) is 72.8 Å². The van der Waals surface area contributed by atoms with Crippen molar-refractivity contribution in [2.75, 3.05) is 5.32 Å². The molecule has 0 aliphatic carbocycles. The van der Waals surface area contributed by atoms with Gasteiger partial charge >= 0.3 is 0 Å². The van der Waals surface area contributed by atoms with Gasteiger partial charge in [-0.15, -0.1) is 0 Å². The lowest BCUT2D eigenvalue weighted by Crippen LogP contribution is -2.13. The minimum absolute atomic E-state index is 0.0929. The average Bonchev–Trinajstić information content (AvgIpc) is 2.79. The van der Waals surface area contributed by atoms with Gasteiger partial charge in [0, 0.05) is 16.8 Å². The first kappa shape index (κ1) is 24.3. The van der Waals surface area contributed by atoms with Crippen LogP contribution in [0.4, 0.5) is 5.69 Å². The number of nitrogens with one attached hydrogen (secondary N) is 1. The summed E-state index contributed by atoms with van der Waals surface area (Å²) in [5, 5.41) is 19.5. The standard InChI is InChI=1S/C18H18N2O.C8H4ClNO/c1-18(2,3)15-8-10-16(11-9-15)20-17(21)14-6-4-13(12-19)5-7-14;9-8(11)7-3-1-6(5-10)2-4-7/h4-11H,1-3H3,(H,20,21);1-4H. The number of carbonyl (C=O) groups excluding carboxylic acids is 2. The smallest absolute Gasteiger partial charge is 0.255 e. The van der Waals surface area contributed by atoms with E-state index in [-0.39, 0.29) is 11.3 Å². The third-order valence-corrected chi connectivity index (χ3v) is 4.74. The number of nitrogens with zero attached hydrogens (tertiary/aromatic N) is 2. The van der Waals surface area contributed by atoms with Crippen LogP contribution >= 0.6 is 11.6 Å². The second kappa shape index (κ2) is 10.9. The molecule has 5 nitrogen and oxygen atoms in total. The number of halogens is 1. The number of anilines is 1. The van der Waals surface area contributed by atoms with Gasteiger partial charge in [0.1, 0.15) is 0 Å². The van der Waals surface area contributed by atoms with Crippen molar-refractivity contribution in [3.63, 3.8) is 0 Å². The molecule has 0 aliphatic heterocycles. The van der Waals surface area contributed by atoms with E-state index in [1.165, 1.54) is 17.7 Å². The van der Waals surface area contributed by atoms with Gasteiger partial charge in [0.05, 0.1) is 23.3 Å². The van der Waals surface area contributed by atoms with E-state index in [0.29, 0.717) is 22.3 Å². The Morgan fingerprint density at radius 2 is 1.19 bits per heavy atom. The van der Waals surface area contributed by atoms with Gasteiger partial charge in [0.2, 0.25) is 0 Å². The lowest BCUT2D eigenvalue weighted by atomic mass is 9.87. The topological polar surface area (TPSA) is 93.8 Å². The number of nitriles is 2. The van der Waals surface area contributed by atoms with Crippen LogP contribution in [-0.4, -0.2) is 11.1 Å². The molecule has 0 fully saturated rings. The van der Waals surface area contributed by atoms with Gasteiger partial charge in [-0.05, 0) is 83.2 Å². The quantitative estimate of drug-likeness (QED) is 0.499. The number of rotatable bonds is 3. The highest BCUT2D eigenvalue weighted by atomic mass is 35.5. The van der Waals surface area contributed by atoms with Crippen molar-refractivity contribution in [2.45, 2.75) is 26.2 Å². The van der Waals surface area contributed by atoms with Crippen molar-refractivity contribution in [1.82, 2.24) is 0 Å². The first-order chi connectivity index (χ1) is 15.1. The van der Waals surface area contributed by atoms with Gasteiger partial charge in [-0.3, -0.25) is 9.59 Å². The van der Waals surface area contributed by atoms with E-state index in [2.05, 4.69) is 26.1 Å². The van der Waals surface area contributed by atoms with Crippen LogP contribution in [0, 0.1) is 22.7 Å². The Kier molecular flexibility index (Phi) is 8.30. The van der Waals surface area contributed by atoms with Gasteiger partial charge in [-0.2, -0.15) is 10.5 Å². The van der Waals surface area contributed by atoms with E-state index in [0.717, 1.165) is 5.69 Å². The number of amides is 1. The summed E-state index contributed by atoms with van der Waals surface area (Å²) < 4.78 is 0. The molecule has 0 atom stereocenters. The van der Waals surface area contributed by atoms with Crippen molar-refractivity contribution in [3.05, 3.63) is 101 Å². The van der Waals surface area contributed by atoms with Crippen LogP contribution in [-0.2, 0) is 5.41 Å². The molecule has 0 saturated carbocycles. The van der Waals surface area contributed by atoms with E-state index in [1.54, 1.807) is 36.4 Å². The highest BCUT2D eigenvalue weighted by Gasteiger charge is 2.13. The SMILES string of the molecule is CC(C)(C)c1ccc(NC(=O)c2ccc(C#N)cc2)cc1.N#Cc1ccc(C(=O)Cl)cc1. The molecule has 0 aliphatic rings. The van der Waals surface area contributed by atoms with Crippen molar-refractivity contribution < 1.29 is 9.59 Å². The summed E-state index contributed by atoms with van der Waals surface area (Å²) in [7, 11) is 0. The monoisotopic (exact) mass is 443 g/mol. The maximum absolute atomic E-state index is 12.1. The first-order valence-electron chi connectivity index (χ1n) is 9.76. The molecule has 1 N–H and O–H groups in total. The number of carbonyl (C=O) groups is 2. The zero-order valence-corrected chi connectivity index (χ0v) is 18.8. The van der Waals surface area contributed by atoms with Crippen LogP contribution in [0.5, 0.6) is 0 Å². The van der Waals surface area contributed by atoms with Crippen molar-refractivity contribution >= 4 is 28.4 Å². The normalized spacial score (nSPS) is 10.1. The highest BCUT2D eigenvalue weighted by molar-refractivity contribution is 6.67. The number of benzene rings is 3. The molecule has 6 heteroatoms. The molecule has 3 rings (SSSR count). The lowest BCUT2D eigenvalue weighted by molar-refractivity contribution is 0.102. The van der Waals surface area contributed by atoms with Crippen LogP contribution < -0.4 is 5.32 Å². The van der Waals surface area contributed by atoms with Crippen LogP contribution in [0.1, 0.15) is 58.2 Å². The fraction of sp³-hybridized carbons (Fsp3) is 0.154. The van der Waals surface area contributed by atoms with Gasteiger partial charge in [0.15, 0.2) is 0 Å². The molecular weight excluding hydrogens is 422 g/mol. The Labute approximate surface area is 192 Å². The maximum atomic E-state index is 12.1. The molecule has 160 valence electrons. The fourth-order valence-electron chi connectivity index (χ4n) is 2.63. The zero-order valence-electron chi connectivity index (χ0n) is 18.0. The van der Waals surface area contributed by atoms with E-state index in [9.17, 15) is 9.59 Å². The Balaban J connectivity index is 0.000000278. The predicted molar refractivity (Wildman–Crippen MR) is 126 cm³/mol. The molecule has 0 spiro atoms. The van der Waals surface area contributed by atoms with Crippen molar-refractivity contribution in [1.29, 1.82) is 10.5 Å². The zero-order chi connectivity index (χ0) is 23.7. The molecule has 0 radical (unpaired) electrons. The molecule has 0 bridgehead atoms. The Morgan fingerprint density at radius 1 is 0.750 bits per heavy atom. The Bertz CT molecular complexity index is 1160. The van der Waals surface area contributed by atoms with Gasteiger partial charge in [-0.1, -0.05) is 32.9 Å². The van der Waals surface area contributed by atoms with Gasteiger partial charge < -0.3 is 5.32 Å². The molecule has 1 amide bonds. The minimum Gasteiger partial charge on any atom is -0.322 e. The van der Waals surface area contributed by atoms with Crippen LogP contribution in [0.25, 0.3) is 0 Å². The highest BCUT2D eigenvalue weighted by Crippen LogP contribution is 2.23. The van der Waals surface area contributed by atoms with E-state index >= 15 is 0 Å². The molecule has 0 aromatic heterocycles. The largest absolute Gasteiger partial charge is 0.322 e. The first-order valence-corrected chi connectivity index (χ1v) is 10.1. The maximum Gasteiger partial charge on any atom is 0.255 e. The van der Waals surface area contributed by atoms with E-state index in [4.69, 9.17) is 22.1 Å². The molecule has 0 unspecified atom stereocenters. The fourth-order valence-corrected chi connectivity index (χ4v) is 2.75. The van der Waals surface area contributed by atoms with Crippen LogP contribution in [0.3, 0.4) is 0 Å². The lowest BCUT2D eigenvalue weighted by Gasteiger charge is -2.19. The van der Waals surface area contributed by atoms with E-state index in [1.807, 2.05) is 36.4 Å². The molecular formula is C26H22ClN3O2. The molecule has 0 heterocycles. The Hall–Kier alpha value is -3.93. The second-order valence-electron chi connectivity index (χ2n) is 7.93. The second-order valence-corrected chi connectivity index (χ2v) is 8.28. The van der Waals surface area contributed by atoms with E-state index < -0.39 is 5.24 Å². The molecule has 3 aromatic rings. The van der Waals surface area contributed by atoms with Crippen molar-refractivity contribution in [2.24, 2.45) is 0 Å². The third-order valence-electron chi connectivity index (χ3n) is 4.53. The summed E-state index contributed by atoms with van der Waals surface area (Å²) in [6, 6.07) is 24.5. The third kappa shape index (κ3) is 7.09. The summed E-state index contributed by atoms with van der Waals surface area (Å²) in [6.07, 6.45) is 0. The van der Waals surface area contributed by atoms with Crippen LogP contribution in [0.2, 0.25) is 0 Å². The Morgan fingerprint density at radius 3 is 1.56 bits per heavy atom. The molecule has 0 saturated heterocycles. The van der Waals surface area contributed by atoms with Gasteiger partial charge in [-0.25, -0.2) is 0 Å². The van der Waals surface area contributed by atoms with Gasteiger partial charge in [0.25, 0.3) is 11.1 Å². The molecule has 32 heavy (non-hydrogen) atoms. The summed E-state index contributed by atoms with van der Waals surface area (Å²) in [5.41, 5.74) is 4.08. The average molecular weight is 444 g/mol. The number of hydrogen-bond donors (Lipinski definition) is 1. The summed E-state index contributed by atoms with van der Waals surface area (Å²) in [6.45, 7) is 6.45.